The summed E-state index contributed by atoms with van der Waals surface area (Å²) < 4.78 is 0. The molecule has 0 unspecified atom stereocenters. The third kappa shape index (κ3) is 4.72. The van der Waals surface area contributed by atoms with Crippen molar-refractivity contribution in [3.05, 3.63) is 76.6 Å². The zero-order chi connectivity index (χ0) is 22.6. The molecular formula is C28H29N3O2. The minimum absolute atomic E-state index is 0.157. The summed E-state index contributed by atoms with van der Waals surface area (Å²) in [7, 11) is 0. The van der Waals surface area contributed by atoms with E-state index in [4.69, 9.17) is 9.97 Å². The van der Waals surface area contributed by atoms with Crippen molar-refractivity contribution in [2.45, 2.75) is 57.8 Å². The molecule has 1 N–H and O–H groups in total. The average molecular weight is 440 g/mol. The zero-order valence-corrected chi connectivity index (χ0v) is 18.8. The van der Waals surface area contributed by atoms with E-state index in [-0.39, 0.29) is 5.91 Å². The fourth-order valence-corrected chi connectivity index (χ4v) is 5.13. The van der Waals surface area contributed by atoms with Crippen LogP contribution >= 0.6 is 0 Å². The highest BCUT2D eigenvalue weighted by Crippen LogP contribution is 2.34. The van der Waals surface area contributed by atoms with Gasteiger partial charge in [-0.2, -0.15) is 0 Å². The Kier molecular flexibility index (Phi) is 6.29. The molecule has 2 aromatic carbocycles. The van der Waals surface area contributed by atoms with Crippen molar-refractivity contribution in [1.82, 2.24) is 9.97 Å². The number of carbonyl (C=O) groups is 2. The normalized spacial score (nSPS) is 15.4. The number of aryl methyl sites for hydroxylation is 3. The van der Waals surface area contributed by atoms with Crippen molar-refractivity contribution in [2.75, 3.05) is 5.32 Å². The number of rotatable bonds is 6. The Morgan fingerprint density at radius 3 is 2.61 bits per heavy atom. The molecular weight excluding hydrogens is 410 g/mol. The monoisotopic (exact) mass is 439 g/mol. The molecule has 0 radical (unpaired) electrons. The molecule has 1 aromatic heterocycles. The van der Waals surface area contributed by atoms with Crippen LogP contribution in [0, 0.1) is 5.92 Å². The molecule has 2 aliphatic rings. The molecule has 3 aromatic rings. The number of hydrogen-bond donors (Lipinski definition) is 1. The van der Waals surface area contributed by atoms with Gasteiger partial charge in [0.1, 0.15) is 6.29 Å². The molecule has 2 aliphatic carbocycles. The van der Waals surface area contributed by atoms with Gasteiger partial charge in [0.15, 0.2) is 5.82 Å². The third-order valence-corrected chi connectivity index (χ3v) is 6.97. The first kappa shape index (κ1) is 21.5. The Bertz CT molecular complexity index is 1170. The smallest absolute Gasteiger partial charge is 0.256 e. The van der Waals surface area contributed by atoms with Gasteiger partial charge in [0.25, 0.3) is 5.91 Å². The molecule has 5 nitrogen and oxygen atoms in total. The average Bonchev–Trinajstić information content (AvgIpc) is 2.88. The van der Waals surface area contributed by atoms with Crippen molar-refractivity contribution >= 4 is 18.0 Å². The van der Waals surface area contributed by atoms with Crippen molar-refractivity contribution in [1.29, 1.82) is 0 Å². The van der Waals surface area contributed by atoms with E-state index in [1.807, 2.05) is 48.5 Å². The number of amides is 1. The van der Waals surface area contributed by atoms with Crippen LogP contribution in [0.2, 0.25) is 0 Å². The van der Waals surface area contributed by atoms with Crippen LogP contribution in [0.3, 0.4) is 0 Å². The number of nitrogens with one attached hydrogen (secondary N) is 1. The van der Waals surface area contributed by atoms with Crippen LogP contribution < -0.4 is 5.32 Å². The van der Waals surface area contributed by atoms with Gasteiger partial charge >= 0.3 is 0 Å². The van der Waals surface area contributed by atoms with Gasteiger partial charge < -0.3 is 5.32 Å². The maximum Gasteiger partial charge on any atom is 0.256 e. The van der Waals surface area contributed by atoms with Crippen molar-refractivity contribution in [3.8, 4) is 11.3 Å². The molecule has 1 fully saturated rings. The molecule has 33 heavy (non-hydrogen) atoms. The van der Waals surface area contributed by atoms with Crippen LogP contribution in [0.1, 0.15) is 76.2 Å². The van der Waals surface area contributed by atoms with E-state index >= 15 is 0 Å². The third-order valence-electron chi connectivity index (χ3n) is 6.97. The highest BCUT2D eigenvalue weighted by molar-refractivity contribution is 6.04. The summed E-state index contributed by atoms with van der Waals surface area (Å²) in [5.74, 6) is 1.15. The molecule has 1 saturated carbocycles. The quantitative estimate of drug-likeness (QED) is 0.491. The van der Waals surface area contributed by atoms with Crippen molar-refractivity contribution in [3.63, 3.8) is 0 Å². The first-order valence-electron chi connectivity index (χ1n) is 12.1. The topological polar surface area (TPSA) is 72.0 Å². The van der Waals surface area contributed by atoms with Gasteiger partial charge in [-0.3, -0.25) is 9.59 Å². The summed E-state index contributed by atoms with van der Waals surface area (Å²) in [6.45, 7) is 0. The fourth-order valence-electron chi connectivity index (χ4n) is 5.13. The minimum Gasteiger partial charge on any atom is -0.305 e. The number of carbonyl (C=O) groups excluding carboxylic acids is 2. The molecule has 0 spiro atoms. The highest BCUT2D eigenvalue weighted by Gasteiger charge is 2.24. The Hall–Kier alpha value is -3.34. The van der Waals surface area contributed by atoms with Crippen LogP contribution in [-0.2, 0) is 19.3 Å². The number of anilines is 1. The Balaban J connectivity index is 1.48. The maximum atomic E-state index is 12.9. The van der Waals surface area contributed by atoms with Crippen LogP contribution in [0.15, 0.2) is 48.5 Å². The molecule has 0 bridgehead atoms. The lowest BCUT2D eigenvalue weighted by Crippen LogP contribution is -2.19. The van der Waals surface area contributed by atoms with Gasteiger partial charge in [0.2, 0.25) is 0 Å². The Labute approximate surface area is 194 Å². The molecule has 168 valence electrons. The zero-order valence-electron chi connectivity index (χ0n) is 18.8. The first-order valence-corrected chi connectivity index (χ1v) is 12.1. The number of hydrogen-bond acceptors (Lipinski definition) is 4. The van der Waals surface area contributed by atoms with E-state index in [0.29, 0.717) is 16.9 Å². The summed E-state index contributed by atoms with van der Waals surface area (Å²) in [5, 5.41) is 3.05. The van der Waals surface area contributed by atoms with Crippen LogP contribution in [0.4, 0.5) is 5.82 Å². The minimum atomic E-state index is -0.157. The predicted octanol–water partition coefficient (Wildman–Crippen LogP) is 5.82. The number of aromatic nitrogens is 2. The first-order chi connectivity index (χ1) is 16.2. The van der Waals surface area contributed by atoms with E-state index in [0.717, 1.165) is 66.1 Å². The fraction of sp³-hybridized carbons (Fsp3) is 0.357. The van der Waals surface area contributed by atoms with E-state index in [2.05, 4.69) is 5.32 Å². The van der Waals surface area contributed by atoms with Gasteiger partial charge in [-0.1, -0.05) is 62.4 Å². The van der Waals surface area contributed by atoms with E-state index < -0.39 is 0 Å². The summed E-state index contributed by atoms with van der Waals surface area (Å²) in [4.78, 5) is 34.1. The number of fused-ring (bicyclic) bond motifs is 3. The standard InChI is InChI=1S/C28H29N3O2/c32-18-20-11-14-23-22(17-20)13-16-24-26(23)29-25(15-12-19-7-3-1-4-8-19)27(30-24)31-28(33)21-9-5-2-6-10-21/h2,5-6,9-11,14,17-19H,1,3-4,7-8,12-13,15-16H2,(H,30,31,33). The molecule has 0 aliphatic heterocycles. The van der Waals surface area contributed by atoms with Gasteiger partial charge in [0, 0.05) is 16.7 Å². The van der Waals surface area contributed by atoms with E-state index in [9.17, 15) is 9.59 Å². The largest absolute Gasteiger partial charge is 0.305 e. The van der Waals surface area contributed by atoms with Gasteiger partial charge in [0.05, 0.1) is 17.1 Å². The number of benzene rings is 2. The van der Waals surface area contributed by atoms with Gasteiger partial charge in [-0.05, 0) is 55.4 Å². The molecule has 0 atom stereocenters. The second kappa shape index (κ2) is 9.65. The van der Waals surface area contributed by atoms with E-state index in [1.165, 1.54) is 32.1 Å². The summed E-state index contributed by atoms with van der Waals surface area (Å²) in [5.41, 5.74) is 6.15. The molecule has 5 heteroatoms. The Morgan fingerprint density at radius 2 is 1.82 bits per heavy atom. The molecule has 1 heterocycles. The second-order valence-corrected chi connectivity index (χ2v) is 9.21. The highest BCUT2D eigenvalue weighted by atomic mass is 16.1. The van der Waals surface area contributed by atoms with Crippen molar-refractivity contribution < 1.29 is 9.59 Å². The lowest BCUT2D eigenvalue weighted by molar-refractivity contribution is 0.102. The molecule has 0 saturated heterocycles. The Morgan fingerprint density at radius 1 is 1.00 bits per heavy atom. The van der Waals surface area contributed by atoms with Crippen LogP contribution in [-0.4, -0.2) is 22.2 Å². The van der Waals surface area contributed by atoms with Gasteiger partial charge in [-0.25, -0.2) is 9.97 Å². The van der Waals surface area contributed by atoms with Gasteiger partial charge in [-0.15, -0.1) is 0 Å². The lowest BCUT2D eigenvalue weighted by Gasteiger charge is -2.23. The summed E-state index contributed by atoms with van der Waals surface area (Å²) in [6, 6.07) is 15.0. The SMILES string of the molecule is O=Cc1ccc2c(c1)CCc1nc(NC(=O)c3ccccc3)c(CCC3CCCCC3)nc1-2. The number of nitrogens with zero attached hydrogens (tertiary/aromatic N) is 2. The second-order valence-electron chi connectivity index (χ2n) is 9.21. The van der Waals surface area contributed by atoms with E-state index in [1.54, 1.807) is 0 Å². The van der Waals surface area contributed by atoms with Crippen molar-refractivity contribution in [2.24, 2.45) is 5.92 Å². The lowest BCUT2D eigenvalue weighted by atomic mass is 9.85. The van der Waals surface area contributed by atoms with Crippen LogP contribution in [0.5, 0.6) is 0 Å². The summed E-state index contributed by atoms with van der Waals surface area (Å²) in [6.07, 6.45) is 10.8. The predicted molar refractivity (Wildman–Crippen MR) is 130 cm³/mol. The van der Waals surface area contributed by atoms with Crippen LogP contribution in [0.25, 0.3) is 11.3 Å². The summed E-state index contributed by atoms with van der Waals surface area (Å²) >= 11 is 0. The maximum absolute atomic E-state index is 12.9. The number of aldehydes is 1. The molecule has 5 rings (SSSR count). The molecule has 1 amide bonds.